The Labute approximate surface area is 156 Å². The average Bonchev–Trinajstić information content (AvgIpc) is 2.96. The molecule has 136 valence electrons. The Kier molecular flexibility index (Phi) is 6.01. The number of carbonyl (C=O) groups excluding carboxylic acids is 2. The summed E-state index contributed by atoms with van der Waals surface area (Å²) in [4.78, 5) is 34.6. The zero-order valence-electron chi connectivity index (χ0n) is 14.2. The number of amides is 2. The number of nitrogens with zero attached hydrogens (tertiary/aromatic N) is 3. The maximum atomic E-state index is 12.2. The molecule has 2 aromatic heterocycles. The van der Waals surface area contributed by atoms with Crippen molar-refractivity contribution in [3.63, 3.8) is 0 Å². The molecule has 3 heterocycles. The number of aromatic nitrogens is 2. The number of carbonyl (C=O) groups is 2. The Morgan fingerprint density at radius 2 is 1.42 bits per heavy atom. The molecule has 0 aliphatic carbocycles. The SMILES string of the molecule is O=C(NNC(=O)c1ccc(N2CCCCCC2)nc1)c1ccc(Cl)nc1. The van der Waals surface area contributed by atoms with Gasteiger partial charge >= 0.3 is 0 Å². The van der Waals surface area contributed by atoms with Gasteiger partial charge in [0.2, 0.25) is 0 Å². The van der Waals surface area contributed by atoms with Gasteiger partial charge in [-0.05, 0) is 37.1 Å². The van der Waals surface area contributed by atoms with Gasteiger partial charge in [0, 0.05) is 25.5 Å². The fraction of sp³-hybridized carbons (Fsp3) is 0.333. The van der Waals surface area contributed by atoms with E-state index in [-0.39, 0.29) is 0 Å². The van der Waals surface area contributed by atoms with Gasteiger partial charge in [-0.15, -0.1) is 0 Å². The Hall–Kier alpha value is -2.67. The number of rotatable bonds is 3. The third-order valence-electron chi connectivity index (χ3n) is 4.22. The second-order valence-corrected chi connectivity index (χ2v) is 6.47. The quantitative estimate of drug-likeness (QED) is 0.637. The van der Waals surface area contributed by atoms with Gasteiger partial charge in [-0.25, -0.2) is 9.97 Å². The maximum Gasteiger partial charge on any atom is 0.271 e. The lowest BCUT2D eigenvalue weighted by Crippen LogP contribution is -2.41. The summed E-state index contributed by atoms with van der Waals surface area (Å²) in [6.45, 7) is 1.98. The summed E-state index contributed by atoms with van der Waals surface area (Å²) in [7, 11) is 0. The number of hydrogen-bond acceptors (Lipinski definition) is 5. The number of nitrogens with one attached hydrogen (secondary N) is 2. The Morgan fingerprint density at radius 3 is 1.92 bits per heavy atom. The van der Waals surface area contributed by atoms with Crippen LogP contribution in [-0.2, 0) is 0 Å². The first-order valence-electron chi connectivity index (χ1n) is 8.57. The van der Waals surface area contributed by atoms with Crippen molar-refractivity contribution >= 4 is 29.2 Å². The molecule has 8 heteroatoms. The van der Waals surface area contributed by atoms with Gasteiger partial charge in [-0.3, -0.25) is 20.4 Å². The standard InChI is InChI=1S/C18H20ClN5O2/c19-15-7-5-13(11-20-15)17(25)22-23-18(26)14-6-8-16(21-12-14)24-9-3-1-2-4-10-24/h5-8,11-12H,1-4,9-10H2,(H,22,25)(H,23,26). The third kappa shape index (κ3) is 4.70. The van der Waals surface area contributed by atoms with Crippen molar-refractivity contribution in [2.75, 3.05) is 18.0 Å². The Morgan fingerprint density at radius 1 is 0.846 bits per heavy atom. The summed E-state index contributed by atoms with van der Waals surface area (Å²) in [6.07, 6.45) is 7.68. The molecule has 3 rings (SSSR count). The van der Waals surface area contributed by atoms with E-state index in [1.165, 1.54) is 37.4 Å². The van der Waals surface area contributed by atoms with Crippen molar-refractivity contribution in [3.8, 4) is 0 Å². The van der Waals surface area contributed by atoms with E-state index in [0.29, 0.717) is 16.3 Å². The molecule has 1 aliphatic heterocycles. The topological polar surface area (TPSA) is 87.2 Å². The molecule has 7 nitrogen and oxygen atoms in total. The van der Waals surface area contributed by atoms with Gasteiger partial charge in [-0.2, -0.15) is 0 Å². The molecular weight excluding hydrogens is 354 g/mol. The largest absolute Gasteiger partial charge is 0.357 e. The first-order chi connectivity index (χ1) is 12.6. The first-order valence-corrected chi connectivity index (χ1v) is 8.94. The highest BCUT2D eigenvalue weighted by Crippen LogP contribution is 2.17. The van der Waals surface area contributed by atoms with Crippen LogP contribution in [0.4, 0.5) is 5.82 Å². The van der Waals surface area contributed by atoms with Crippen LogP contribution in [0.1, 0.15) is 46.4 Å². The minimum atomic E-state index is -0.475. The molecule has 1 fully saturated rings. The van der Waals surface area contributed by atoms with Crippen LogP contribution in [-0.4, -0.2) is 34.9 Å². The molecule has 2 amide bonds. The number of anilines is 1. The van der Waals surface area contributed by atoms with Crippen LogP contribution in [0.3, 0.4) is 0 Å². The van der Waals surface area contributed by atoms with Gasteiger partial charge in [0.15, 0.2) is 0 Å². The van der Waals surface area contributed by atoms with E-state index in [1.54, 1.807) is 6.07 Å². The average molecular weight is 374 g/mol. The van der Waals surface area contributed by atoms with Crippen molar-refractivity contribution in [1.29, 1.82) is 0 Å². The van der Waals surface area contributed by atoms with Crippen molar-refractivity contribution in [2.45, 2.75) is 25.7 Å². The Balaban J connectivity index is 1.56. The second-order valence-electron chi connectivity index (χ2n) is 6.08. The number of hydrogen-bond donors (Lipinski definition) is 2. The molecule has 26 heavy (non-hydrogen) atoms. The highest BCUT2D eigenvalue weighted by atomic mass is 35.5. The van der Waals surface area contributed by atoms with Crippen molar-refractivity contribution in [1.82, 2.24) is 20.8 Å². The fourth-order valence-corrected chi connectivity index (χ4v) is 2.89. The van der Waals surface area contributed by atoms with E-state index < -0.39 is 11.8 Å². The number of pyridine rings is 2. The van der Waals surface area contributed by atoms with Crippen LogP contribution < -0.4 is 15.8 Å². The molecule has 0 atom stereocenters. The fourth-order valence-electron chi connectivity index (χ4n) is 2.78. The lowest BCUT2D eigenvalue weighted by atomic mass is 10.2. The molecule has 0 spiro atoms. The molecule has 1 aliphatic rings. The van der Waals surface area contributed by atoms with Crippen LogP contribution in [0.25, 0.3) is 0 Å². The second kappa shape index (κ2) is 8.62. The molecule has 0 radical (unpaired) electrons. The number of halogens is 1. The molecule has 0 bridgehead atoms. The van der Waals surface area contributed by atoms with Gasteiger partial charge < -0.3 is 4.90 Å². The van der Waals surface area contributed by atoms with E-state index >= 15 is 0 Å². The highest BCUT2D eigenvalue weighted by Gasteiger charge is 2.13. The van der Waals surface area contributed by atoms with E-state index in [9.17, 15) is 9.59 Å². The van der Waals surface area contributed by atoms with Crippen molar-refractivity contribution in [3.05, 3.63) is 52.9 Å². The van der Waals surface area contributed by atoms with E-state index in [1.807, 2.05) is 6.07 Å². The molecule has 0 unspecified atom stereocenters. The lowest BCUT2D eigenvalue weighted by molar-refractivity contribution is 0.0846. The molecular formula is C18H20ClN5O2. The predicted octanol–water partition coefficient (Wildman–Crippen LogP) is 2.59. The van der Waals surface area contributed by atoms with Crippen LogP contribution in [0, 0.1) is 0 Å². The van der Waals surface area contributed by atoms with E-state index in [4.69, 9.17) is 11.6 Å². The summed E-state index contributed by atoms with van der Waals surface area (Å²) in [5.74, 6) is -0.0356. The third-order valence-corrected chi connectivity index (χ3v) is 4.44. The molecule has 0 saturated carbocycles. The number of hydrazine groups is 1. The first kappa shape index (κ1) is 18.1. The summed E-state index contributed by atoms with van der Waals surface area (Å²) in [6, 6.07) is 6.57. The lowest BCUT2D eigenvalue weighted by Gasteiger charge is -2.21. The van der Waals surface area contributed by atoms with Crippen LogP contribution in [0.2, 0.25) is 5.15 Å². The summed E-state index contributed by atoms with van der Waals surface area (Å²) < 4.78 is 0. The van der Waals surface area contributed by atoms with Crippen LogP contribution in [0.15, 0.2) is 36.7 Å². The van der Waals surface area contributed by atoms with Crippen molar-refractivity contribution in [2.24, 2.45) is 0 Å². The van der Waals surface area contributed by atoms with Crippen LogP contribution >= 0.6 is 11.6 Å². The smallest absolute Gasteiger partial charge is 0.271 e. The summed E-state index contributed by atoms with van der Waals surface area (Å²) in [5.41, 5.74) is 5.38. The normalized spacial score (nSPS) is 14.4. The predicted molar refractivity (Wildman–Crippen MR) is 99.1 cm³/mol. The van der Waals surface area contributed by atoms with Crippen molar-refractivity contribution < 1.29 is 9.59 Å². The minimum Gasteiger partial charge on any atom is -0.357 e. The minimum absolute atomic E-state index is 0.293. The van der Waals surface area contributed by atoms with Gasteiger partial charge in [0.1, 0.15) is 11.0 Å². The van der Waals surface area contributed by atoms with E-state index in [2.05, 4.69) is 25.7 Å². The van der Waals surface area contributed by atoms with Crippen LogP contribution in [0.5, 0.6) is 0 Å². The van der Waals surface area contributed by atoms with Gasteiger partial charge in [0.05, 0.1) is 11.1 Å². The monoisotopic (exact) mass is 373 g/mol. The molecule has 0 aromatic carbocycles. The highest BCUT2D eigenvalue weighted by molar-refractivity contribution is 6.29. The van der Waals surface area contributed by atoms with Gasteiger partial charge in [0.25, 0.3) is 11.8 Å². The zero-order chi connectivity index (χ0) is 18.4. The molecule has 1 saturated heterocycles. The summed E-state index contributed by atoms with van der Waals surface area (Å²) >= 11 is 5.68. The maximum absolute atomic E-state index is 12.2. The van der Waals surface area contributed by atoms with E-state index in [0.717, 1.165) is 31.7 Å². The molecule has 2 N–H and O–H groups in total. The summed E-state index contributed by atoms with van der Waals surface area (Å²) in [5, 5.41) is 0.293. The zero-order valence-corrected chi connectivity index (χ0v) is 15.0. The van der Waals surface area contributed by atoms with Gasteiger partial charge in [-0.1, -0.05) is 24.4 Å². The molecule has 2 aromatic rings. The Bertz CT molecular complexity index is 756.